The van der Waals surface area contributed by atoms with Crippen LogP contribution in [-0.2, 0) is 10.0 Å². The van der Waals surface area contributed by atoms with Crippen LogP contribution in [-0.4, -0.2) is 38.0 Å². The number of hydrogen-bond donors (Lipinski definition) is 0. The van der Waals surface area contributed by atoms with Gasteiger partial charge in [-0.15, -0.1) is 0 Å². The number of nitrogens with zero attached hydrogens (tertiary/aromatic N) is 3. The first-order valence-electron chi connectivity index (χ1n) is 4.73. The summed E-state index contributed by atoms with van der Waals surface area (Å²) < 4.78 is 25.1. The zero-order valence-corrected chi connectivity index (χ0v) is 9.53. The quantitative estimate of drug-likeness (QED) is 0.701. The Kier molecular flexibility index (Phi) is 2.40. The molecule has 0 N–H and O–H groups in total. The Bertz CT molecular complexity index is 472. The molecule has 0 fully saturated rings. The average Bonchev–Trinajstić information content (AvgIpc) is 2.24. The molecule has 6 heteroatoms. The molecule has 0 saturated heterocycles. The third kappa shape index (κ3) is 1.49. The smallest absolute Gasteiger partial charge is 0.263 e. The first-order chi connectivity index (χ1) is 7.07. The van der Waals surface area contributed by atoms with Gasteiger partial charge in [-0.3, -0.25) is 0 Å². The van der Waals surface area contributed by atoms with Crippen LogP contribution in [0, 0.1) is 0 Å². The Balaban J connectivity index is 2.64. The van der Waals surface area contributed by atoms with Gasteiger partial charge in [0.1, 0.15) is 0 Å². The van der Waals surface area contributed by atoms with Crippen molar-refractivity contribution in [1.82, 2.24) is 9.29 Å². The van der Waals surface area contributed by atoms with Gasteiger partial charge >= 0.3 is 0 Å². The fraction of sp³-hybridized carbons (Fsp3) is 0.444. The van der Waals surface area contributed by atoms with E-state index in [1.165, 1.54) is 10.5 Å². The summed E-state index contributed by atoms with van der Waals surface area (Å²) in [5.74, 6) is 0. The molecule has 0 saturated carbocycles. The van der Waals surface area contributed by atoms with Crippen LogP contribution >= 0.6 is 0 Å². The molecule has 0 atom stereocenters. The van der Waals surface area contributed by atoms with Gasteiger partial charge in [0.2, 0.25) is 0 Å². The number of sulfonamides is 1. The normalized spacial score (nSPS) is 20.0. The Morgan fingerprint density at radius 3 is 2.93 bits per heavy atom. The fourth-order valence-electron chi connectivity index (χ4n) is 1.63. The van der Waals surface area contributed by atoms with Gasteiger partial charge in [0, 0.05) is 19.8 Å². The van der Waals surface area contributed by atoms with Crippen molar-refractivity contribution in [3.05, 3.63) is 18.3 Å². The Hall–Kier alpha value is -1.14. The largest absolute Gasteiger partial charge is 0.355 e. The van der Waals surface area contributed by atoms with Crippen LogP contribution in [0.1, 0.15) is 6.92 Å². The van der Waals surface area contributed by atoms with E-state index < -0.39 is 10.0 Å². The molecule has 0 unspecified atom stereocenters. The van der Waals surface area contributed by atoms with Crippen molar-refractivity contribution in [2.75, 3.05) is 25.2 Å². The van der Waals surface area contributed by atoms with Crippen LogP contribution in [0.4, 0.5) is 5.69 Å². The molecule has 1 aromatic rings. The van der Waals surface area contributed by atoms with Crippen LogP contribution < -0.4 is 4.90 Å². The molecule has 0 amide bonds. The molecule has 1 aliphatic heterocycles. The van der Waals surface area contributed by atoms with E-state index in [1.807, 2.05) is 11.8 Å². The number of aromatic nitrogens is 1. The topological polar surface area (TPSA) is 53.5 Å². The molecule has 5 nitrogen and oxygen atoms in total. The van der Waals surface area contributed by atoms with E-state index in [0.29, 0.717) is 12.4 Å². The van der Waals surface area contributed by atoms with Gasteiger partial charge in [-0.25, -0.2) is 13.4 Å². The summed E-state index contributed by atoms with van der Waals surface area (Å²) in [5.41, 5.74) is 0.693. The molecular formula is C9H13N3O2S. The van der Waals surface area contributed by atoms with Crippen molar-refractivity contribution in [1.29, 1.82) is 0 Å². The van der Waals surface area contributed by atoms with Gasteiger partial charge in [-0.1, -0.05) is 0 Å². The van der Waals surface area contributed by atoms with Crippen molar-refractivity contribution in [2.45, 2.75) is 11.9 Å². The van der Waals surface area contributed by atoms with Crippen LogP contribution in [0.5, 0.6) is 0 Å². The first-order valence-corrected chi connectivity index (χ1v) is 6.17. The van der Waals surface area contributed by atoms with E-state index in [-0.39, 0.29) is 5.03 Å². The number of rotatable bonds is 1. The first kappa shape index (κ1) is 10.4. The van der Waals surface area contributed by atoms with Crippen LogP contribution in [0.3, 0.4) is 0 Å². The van der Waals surface area contributed by atoms with E-state index in [1.54, 1.807) is 19.2 Å². The number of fused-ring (bicyclic) bond motifs is 1. The summed E-state index contributed by atoms with van der Waals surface area (Å²) >= 11 is 0. The summed E-state index contributed by atoms with van der Waals surface area (Å²) in [6.45, 7) is 3.14. The maximum Gasteiger partial charge on any atom is 0.263 e. The molecule has 0 spiro atoms. The maximum atomic E-state index is 11.9. The van der Waals surface area contributed by atoms with Crippen LogP contribution in [0.15, 0.2) is 23.4 Å². The second-order valence-corrected chi connectivity index (χ2v) is 5.39. The van der Waals surface area contributed by atoms with Crippen molar-refractivity contribution in [3.63, 3.8) is 0 Å². The van der Waals surface area contributed by atoms with Crippen molar-refractivity contribution in [3.8, 4) is 0 Å². The standard InChI is InChI=1S/C9H13N3O2S/c1-3-12-7-11(2)15(13,14)9-8(12)5-4-6-10-9/h4-6H,3,7H2,1-2H3. The Labute approximate surface area is 89.4 Å². The summed E-state index contributed by atoms with van der Waals surface area (Å²) in [4.78, 5) is 5.92. The molecule has 2 heterocycles. The minimum Gasteiger partial charge on any atom is -0.355 e. The summed E-state index contributed by atoms with van der Waals surface area (Å²) in [5, 5.41) is 0.153. The summed E-state index contributed by atoms with van der Waals surface area (Å²) in [7, 11) is -1.82. The highest BCUT2D eigenvalue weighted by molar-refractivity contribution is 7.89. The van der Waals surface area contributed by atoms with Gasteiger partial charge in [0.05, 0.1) is 12.4 Å². The average molecular weight is 227 g/mol. The van der Waals surface area contributed by atoms with Gasteiger partial charge in [0.15, 0.2) is 5.03 Å². The number of hydrogen-bond acceptors (Lipinski definition) is 4. The molecule has 0 radical (unpaired) electrons. The van der Waals surface area contributed by atoms with Crippen molar-refractivity contribution < 1.29 is 8.42 Å². The zero-order chi connectivity index (χ0) is 11.1. The number of anilines is 1. The highest BCUT2D eigenvalue weighted by Gasteiger charge is 2.33. The van der Waals surface area contributed by atoms with E-state index in [4.69, 9.17) is 0 Å². The second kappa shape index (κ2) is 3.46. The summed E-state index contributed by atoms with van der Waals surface area (Å²) in [6.07, 6.45) is 1.50. The molecular weight excluding hydrogens is 214 g/mol. The predicted octanol–water partition coefficient (Wildman–Crippen LogP) is 0.499. The number of pyridine rings is 1. The predicted molar refractivity (Wildman–Crippen MR) is 57.1 cm³/mol. The fourth-order valence-corrected chi connectivity index (χ4v) is 2.87. The van der Waals surface area contributed by atoms with Gasteiger partial charge in [0.25, 0.3) is 10.0 Å². The van der Waals surface area contributed by atoms with E-state index in [9.17, 15) is 8.42 Å². The molecule has 0 aromatic carbocycles. The lowest BCUT2D eigenvalue weighted by Crippen LogP contribution is -2.44. The minimum absolute atomic E-state index is 0.153. The monoisotopic (exact) mass is 227 g/mol. The van der Waals surface area contributed by atoms with Crippen molar-refractivity contribution >= 4 is 15.7 Å². The molecule has 1 aliphatic rings. The minimum atomic E-state index is -3.38. The van der Waals surface area contributed by atoms with Gasteiger partial charge in [-0.05, 0) is 19.1 Å². The molecule has 2 rings (SSSR count). The molecule has 15 heavy (non-hydrogen) atoms. The van der Waals surface area contributed by atoms with Crippen molar-refractivity contribution in [2.24, 2.45) is 0 Å². The molecule has 82 valence electrons. The van der Waals surface area contributed by atoms with E-state index >= 15 is 0 Å². The van der Waals surface area contributed by atoms with Gasteiger partial charge in [-0.2, -0.15) is 4.31 Å². The van der Waals surface area contributed by atoms with E-state index in [2.05, 4.69) is 4.98 Å². The molecule has 0 aliphatic carbocycles. The lowest BCUT2D eigenvalue weighted by Gasteiger charge is -2.34. The highest BCUT2D eigenvalue weighted by atomic mass is 32.2. The molecule has 1 aromatic heterocycles. The lowest BCUT2D eigenvalue weighted by molar-refractivity contribution is 0.447. The third-order valence-electron chi connectivity index (χ3n) is 2.50. The second-order valence-electron chi connectivity index (χ2n) is 3.43. The van der Waals surface area contributed by atoms with Gasteiger partial charge < -0.3 is 4.90 Å². The summed E-state index contributed by atoms with van der Waals surface area (Å²) in [6, 6.07) is 3.54. The van der Waals surface area contributed by atoms with Crippen LogP contribution in [0.2, 0.25) is 0 Å². The zero-order valence-electron chi connectivity index (χ0n) is 8.71. The highest BCUT2D eigenvalue weighted by Crippen LogP contribution is 2.29. The maximum absolute atomic E-state index is 11.9. The Morgan fingerprint density at radius 2 is 2.27 bits per heavy atom. The van der Waals surface area contributed by atoms with Crippen LogP contribution in [0.25, 0.3) is 0 Å². The van der Waals surface area contributed by atoms with E-state index in [0.717, 1.165) is 6.54 Å². The third-order valence-corrected chi connectivity index (χ3v) is 4.24. The Morgan fingerprint density at radius 1 is 1.53 bits per heavy atom. The lowest BCUT2D eigenvalue weighted by atomic mass is 10.4. The SMILES string of the molecule is CCN1CN(C)S(=O)(=O)c2ncccc21. The molecule has 0 bridgehead atoms.